The molecule has 1 aromatic carbocycles. The largest absolute Gasteiger partial charge is 0.481 e. The minimum Gasteiger partial charge on any atom is -0.481 e. The smallest absolute Gasteiger partial charge is 0.213 e. The van der Waals surface area contributed by atoms with E-state index in [0.29, 0.717) is 12.4 Å². The summed E-state index contributed by atoms with van der Waals surface area (Å²) >= 11 is 0. The molecule has 1 N–H and O–H groups in total. The van der Waals surface area contributed by atoms with Gasteiger partial charge in [-0.15, -0.1) is 0 Å². The second-order valence-corrected chi connectivity index (χ2v) is 7.43. The summed E-state index contributed by atoms with van der Waals surface area (Å²) in [6.07, 6.45) is 9.20. The zero-order valence-electron chi connectivity index (χ0n) is 17.9. The van der Waals surface area contributed by atoms with Gasteiger partial charge in [-0.3, -0.25) is 9.38 Å². The fraction of sp³-hybridized carbons (Fsp3) is 0.120. The molecule has 0 saturated heterocycles. The Morgan fingerprint density at radius 1 is 0.906 bits per heavy atom. The zero-order chi connectivity index (χ0) is 21.9. The van der Waals surface area contributed by atoms with E-state index in [9.17, 15) is 0 Å². The summed E-state index contributed by atoms with van der Waals surface area (Å²) in [4.78, 5) is 17.9. The van der Waals surface area contributed by atoms with Crippen LogP contribution < -0.4 is 10.1 Å². The van der Waals surface area contributed by atoms with E-state index in [4.69, 9.17) is 4.74 Å². The van der Waals surface area contributed by atoms with E-state index in [1.807, 2.05) is 53.3 Å². The Morgan fingerprint density at radius 3 is 2.59 bits per heavy atom. The molecule has 4 aromatic heterocycles. The Morgan fingerprint density at radius 2 is 1.78 bits per heavy atom. The molecule has 7 nitrogen and oxygen atoms in total. The van der Waals surface area contributed by atoms with Crippen LogP contribution in [0.2, 0.25) is 0 Å². The number of benzene rings is 1. The van der Waals surface area contributed by atoms with Crippen LogP contribution in [-0.2, 0) is 6.54 Å². The van der Waals surface area contributed by atoms with Crippen LogP contribution in [0.4, 0.5) is 5.82 Å². The van der Waals surface area contributed by atoms with Crippen molar-refractivity contribution < 1.29 is 4.74 Å². The molecule has 4 heterocycles. The lowest BCUT2D eigenvalue weighted by molar-refractivity contribution is 0.398. The fourth-order valence-corrected chi connectivity index (χ4v) is 3.75. The van der Waals surface area contributed by atoms with Gasteiger partial charge in [0.15, 0.2) is 11.5 Å². The van der Waals surface area contributed by atoms with Crippen LogP contribution in [0, 0.1) is 6.92 Å². The van der Waals surface area contributed by atoms with Gasteiger partial charge >= 0.3 is 0 Å². The van der Waals surface area contributed by atoms with Crippen molar-refractivity contribution in [2.24, 2.45) is 0 Å². The second-order valence-electron chi connectivity index (χ2n) is 7.43. The van der Waals surface area contributed by atoms with E-state index in [0.717, 1.165) is 45.1 Å². The average Bonchev–Trinajstić information content (AvgIpc) is 3.28. The minimum atomic E-state index is 0.572. The molecular weight excluding hydrogens is 400 g/mol. The molecule has 0 spiro atoms. The number of imidazole rings is 1. The molecule has 5 aromatic rings. The van der Waals surface area contributed by atoms with Crippen LogP contribution in [0.3, 0.4) is 0 Å². The molecule has 32 heavy (non-hydrogen) atoms. The highest BCUT2D eigenvalue weighted by atomic mass is 16.5. The number of pyridine rings is 2. The maximum Gasteiger partial charge on any atom is 0.213 e. The number of rotatable bonds is 6. The first kappa shape index (κ1) is 19.7. The van der Waals surface area contributed by atoms with E-state index in [1.165, 1.54) is 0 Å². The van der Waals surface area contributed by atoms with Crippen LogP contribution in [0.1, 0.15) is 11.1 Å². The number of anilines is 1. The number of hydrogen-bond donors (Lipinski definition) is 1. The van der Waals surface area contributed by atoms with E-state index in [1.54, 1.807) is 19.5 Å². The molecule has 5 rings (SSSR count). The zero-order valence-corrected chi connectivity index (χ0v) is 17.9. The van der Waals surface area contributed by atoms with Crippen molar-refractivity contribution in [1.29, 1.82) is 0 Å². The second kappa shape index (κ2) is 8.47. The highest BCUT2D eigenvalue weighted by Gasteiger charge is 2.11. The van der Waals surface area contributed by atoms with Crippen molar-refractivity contribution in [2.45, 2.75) is 13.5 Å². The molecular formula is C25H22N6O. The van der Waals surface area contributed by atoms with Gasteiger partial charge in [0.1, 0.15) is 0 Å². The summed E-state index contributed by atoms with van der Waals surface area (Å²) in [5, 5.41) is 3.41. The molecule has 158 valence electrons. The summed E-state index contributed by atoms with van der Waals surface area (Å²) in [6, 6.07) is 16.2. The van der Waals surface area contributed by atoms with Gasteiger partial charge < -0.3 is 10.1 Å². The highest BCUT2D eigenvalue weighted by molar-refractivity contribution is 5.70. The Labute approximate surface area is 185 Å². The number of nitrogens with one attached hydrogen (secondary N) is 1. The number of hydrogen-bond acceptors (Lipinski definition) is 6. The van der Waals surface area contributed by atoms with Gasteiger partial charge in [0.05, 0.1) is 24.7 Å². The Balaban J connectivity index is 1.38. The Kier molecular flexibility index (Phi) is 5.21. The molecule has 0 fully saturated rings. The number of aromatic nitrogens is 5. The number of methoxy groups -OCH3 is 1. The van der Waals surface area contributed by atoms with E-state index in [2.05, 4.69) is 50.4 Å². The first-order valence-corrected chi connectivity index (χ1v) is 10.3. The van der Waals surface area contributed by atoms with Gasteiger partial charge in [-0.25, -0.2) is 15.0 Å². The molecule has 0 radical (unpaired) electrons. The van der Waals surface area contributed by atoms with Gasteiger partial charge in [-0.2, -0.15) is 0 Å². The standard InChI is InChI=1S/C25H22N6O/c1-17-12-18(14-28-23(17)20-8-9-26-22(13-20)32-2)15-29-24-25-30-16-21(31(25)11-10-27-24)19-6-4-3-5-7-19/h3-14,16H,15H2,1-2H3,(H,27,29). The van der Waals surface area contributed by atoms with Crippen LogP contribution in [0.5, 0.6) is 5.88 Å². The van der Waals surface area contributed by atoms with E-state index < -0.39 is 0 Å². The van der Waals surface area contributed by atoms with Crippen LogP contribution >= 0.6 is 0 Å². The predicted molar refractivity (Wildman–Crippen MR) is 125 cm³/mol. The molecule has 0 aliphatic heterocycles. The topological polar surface area (TPSA) is 77.2 Å². The van der Waals surface area contributed by atoms with Crippen LogP contribution in [0.25, 0.3) is 28.2 Å². The predicted octanol–water partition coefficient (Wildman–Crippen LogP) is 4.78. The van der Waals surface area contributed by atoms with Crippen molar-refractivity contribution in [1.82, 2.24) is 24.3 Å². The number of aryl methyl sites for hydroxylation is 1. The van der Waals surface area contributed by atoms with Crippen molar-refractivity contribution in [3.8, 4) is 28.4 Å². The lowest BCUT2D eigenvalue weighted by Crippen LogP contribution is -2.05. The molecule has 0 saturated carbocycles. The molecule has 0 bridgehead atoms. The summed E-state index contributed by atoms with van der Waals surface area (Å²) in [6.45, 7) is 2.65. The molecule has 0 atom stereocenters. The molecule has 0 aliphatic rings. The summed E-state index contributed by atoms with van der Waals surface area (Å²) in [7, 11) is 1.61. The molecule has 7 heteroatoms. The van der Waals surface area contributed by atoms with E-state index in [-0.39, 0.29) is 0 Å². The fourth-order valence-electron chi connectivity index (χ4n) is 3.75. The average molecular weight is 422 g/mol. The third-order valence-electron chi connectivity index (χ3n) is 5.31. The van der Waals surface area contributed by atoms with Gasteiger partial charge in [0.2, 0.25) is 5.88 Å². The lowest BCUT2D eigenvalue weighted by Gasteiger charge is -2.11. The maximum atomic E-state index is 5.23. The van der Waals surface area contributed by atoms with Crippen molar-refractivity contribution in [3.63, 3.8) is 0 Å². The monoisotopic (exact) mass is 422 g/mol. The normalized spacial score (nSPS) is 10.9. The van der Waals surface area contributed by atoms with Crippen LogP contribution in [-0.4, -0.2) is 31.4 Å². The molecule has 0 amide bonds. The van der Waals surface area contributed by atoms with Crippen molar-refractivity contribution >= 4 is 11.5 Å². The van der Waals surface area contributed by atoms with Crippen molar-refractivity contribution in [2.75, 3.05) is 12.4 Å². The molecule has 0 unspecified atom stereocenters. The minimum absolute atomic E-state index is 0.572. The Bertz CT molecular complexity index is 1380. The van der Waals surface area contributed by atoms with Gasteiger partial charge in [-0.1, -0.05) is 36.4 Å². The van der Waals surface area contributed by atoms with Gasteiger partial charge in [0, 0.05) is 48.5 Å². The van der Waals surface area contributed by atoms with E-state index >= 15 is 0 Å². The number of ether oxygens (including phenoxy) is 1. The SMILES string of the molecule is COc1cc(-c2ncc(CNc3nccn4c(-c5ccccc5)cnc34)cc2C)ccn1. The Hall–Kier alpha value is -4.26. The first-order chi connectivity index (χ1) is 15.7. The van der Waals surface area contributed by atoms with Crippen molar-refractivity contribution in [3.05, 3.63) is 90.6 Å². The molecule has 0 aliphatic carbocycles. The lowest BCUT2D eigenvalue weighted by atomic mass is 10.1. The third kappa shape index (κ3) is 3.76. The van der Waals surface area contributed by atoms with Crippen LogP contribution in [0.15, 0.2) is 79.5 Å². The first-order valence-electron chi connectivity index (χ1n) is 10.3. The quantitative estimate of drug-likeness (QED) is 0.424. The third-order valence-corrected chi connectivity index (χ3v) is 5.31. The summed E-state index contributed by atoms with van der Waals surface area (Å²) in [5.41, 5.74) is 6.96. The summed E-state index contributed by atoms with van der Waals surface area (Å²) in [5.74, 6) is 1.30. The number of nitrogens with zero attached hydrogens (tertiary/aromatic N) is 5. The maximum absolute atomic E-state index is 5.23. The highest BCUT2D eigenvalue weighted by Crippen LogP contribution is 2.25. The number of fused-ring (bicyclic) bond motifs is 1. The van der Waals surface area contributed by atoms with Gasteiger partial charge in [-0.05, 0) is 24.1 Å². The van der Waals surface area contributed by atoms with Gasteiger partial charge in [0.25, 0.3) is 0 Å². The summed E-state index contributed by atoms with van der Waals surface area (Å²) < 4.78 is 7.28.